The number of benzene rings is 2. The van der Waals surface area contributed by atoms with Crippen molar-refractivity contribution in [3.05, 3.63) is 48.0 Å². The van der Waals surface area contributed by atoms with Gasteiger partial charge >= 0.3 is 0 Å². The molecule has 1 aliphatic rings. The van der Waals surface area contributed by atoms with Crippen molar-refractivity contribution < 1.29 is 19.0 Å². The van der Waals surface area contributed by atoms with Crippen LogP contribution in [0.3, 0.4) is 0 Å². The molecule has 1 amide bonds. The molecule has 5 rings (SSSR count). The number of methoxy groups -OCH3 is 1. The molecule has 0 radical (unpaired) electrons. The van der Waals surface area contributed by atoms with Crippen molar-refractivity contribution in [2.24, 2.45) is 0 Å². The first-order valence-corrected chi connectivity index (χ1v) is 10.6. The summed E-state index contributed by atoms with van der Waals surface area (Å²) in [4.78, 5) is 12.8. The second kappa shape index (κ2) is 7.66. The molecule has 31 heavy (non-hydrogen) atoms. The molecule has 0 aliphatic carbocycles. The summed E-state index contributed by atoms with van der Waals surface area (Å²) < 4.78 is 18.0. The highest BCUT2D eigenvalue weighted by Crippen LogP contribution is 2.35. The fraction of sp³-hybridized carbons (Fsp3) is 0.227. The number of anilines is 1. The topological polar surface area (TPSA) is 87.0 Å². The number of thioether (sulfide) groups is 1. The van der Waals surface area contributed by atoms with Gasteiger partial charge in [-0.05, 0) is 49.7 Å². The van der Waals surface area contributed by atoms with Crippen molar-refractivity contribution in [2.75, 3.05) is 19.2 Å². The Kier molecular flexibility index (Phi) is 4.82. The number of fused-ring (bicyclic) bond motifs is 4. The number of hydrogen-bond acceptors (Lipinski definition) is 7. The maximum Gasteiger partial charge on any atom is 0.237 e. The van der Waals surface area contributed by atoms with Gasteiger partial charge in [0.25, 0.3) is 0 Å². The largest absolute Gasteiger partial charge is 0.497 e. The van der Waals surface area contributed by atoms with E-state index in [1.807, 2.05) is 42.5 Å². The van der Waals surface area contributed by atoms with Gasteiger partial charge in [0, 0.05) is 23.2 Å². The standard InChI is InChI=1S/C22H20N4O4S/c1-12-8-20-24-25-22(26(20)17-10-15(28-3)5-6-16(12)17)31-13(2)21(27)23-14-4-7-18-19(9-14)30-11-29-18/h4-10,13H,11H2,1-3H3,(H,23,27). The van der Waals surface area contributed by atoms with Crippen LogP contribution in [-0.2, 0) is 4.79 Å². The third-order valence-electron chi connectivity index (χ3n) is 5.17. The maximum absolute atomic E-state index is 12.8. The summed E-state index contributed by atoms with van der Waals surface area (Å²) in [5, 5.41) is 12.9. The van der Waals surface area contributed by atoms with Crippen LogP contribution in [-0.4, -0.2) is 39.7 Å². The third-order valence-corrected chi connectivity index (χ3v) is 6.21. The second-order valence-electron chi connectivity index (χ2n) is 7.20. The lowest BCUT2D eigenvalue weighted by atomic mass is 10.1. The number of aryl methyl sites for hydroxylation is 1. The summed E-state index contributed by atoms with van der Waals surface area (Å²) in [5.41, 5.74) is 3.41. The van der Waals surface area contributed by atoms with Crippen molar-refractivity contribution in [1.29, 1.82) is 0 Å². The molecule has 3 heterocycles. The Hall–Kier alpha value is -3.46. The molecule has 0 fully saturated rings. The lowest BCUT2D eigenvalue weighted by molar-refractivity contribution is -0.115. The highest BCUT2D eigenvalue weighted by Gasteiger charge is 2.21. The summed E-state index contributed by atoms with van der Waals surface area (Å²) in [6, 6.07) is 13.2. The van der Waals surface area contributed by atoms with Crippen molar-refractivity contribution >= 4 is 39.9 Å². The van der Waals surface area contributed by atoms with Crippen molar-refractivity contribution in [3.63, 3.8) is 0 Å². The van der Waals surface area contributed by atoms with Crippen LogP contribution < -0.4 is 19.5 Å². The highest BCUT2D eigenvalue weighted by atomic mass is 32.2. The minimum absolute atomic E-state index is 0.144. The molecule has 1 atom stereocenters. The van der Waals surface area contributed by atoms with Gasteiger partial charge in [-0.3, -0.25) is 9.20 Å². The molecule has 158 valence electrons. The monoisotopic (exact) mass is 436 g/mol. The van der Waals surface area contributed by atoms with Gasteiger partial charge in [0.1, 0.15) is 5.75 Å². The Morgan fingerprint density at radius 1 is 1.16 bits per heavy atom. The van der Waals surface area contributed by atoms with Crippen molar-refractivity contribution in [1.82, 2.24) is 14.6 Å². The zero-order valence-corrected chi connectivity index (χ0v) is 18.0. The second-order valence-corrected chi connectivity index (χ2v) is 8.51. The number of carbonyl (C=O) groups excluding carboxylic acids is 1. The quantitative estimate of drug-likeness (QED) is 0.472. The molecule has 4 aromatic rings. The maximum atomic E-state index is 12.8. The molecule has 9 heteroatoms. The lowest BCUT2D eigenvalue weighted by Gasteiger charge is -2.13. The molecule has 1 aliphatic heterocycles. The SMILES string of the molecule is COc1ccc2c(C)cc3nnc(SC(C)C(=O)Nc4ccc5c(c4)OCO5)n3c2c1. The van der Waals surface area contributed by atoms with Gasteiger partial charge in [-0.25, -0.2) is 0 Å². The van der Waals surface area contributed by atoms with Gasteiger partial charge < -0.3 is 19.5 Å². The van der Waals surface area contributed by atoms with E-state index in [0.29, 0.717) is 22.3 Å². The predicted molar refractivity (Wildman–Crippen MR) is 118 cm³/mol. The number of carbonyl (C=O) groups is 1. The first kappa shape index (κ1) is 19.5. The average molecular weight is 436 g/mol. The van der Waals surface area contributed by atoms with E-state index in [1.54, 1.807) is 25.3 Å². The number of nitrogens with zero attached hydrogens (tertiary/aromatic N) is 3. The lowest BCUT2D eigenvalue weighted by Crippen LogP contribution is -2.22. The van der Waals surface area contributed by atoms with E-state index in [2.05, 4.69) is 15.5 Å². The molecule has 1 N–H and O–H groups in total. The van der Waals surface area contributed by atoms with Crippen LogP contribution in [0.2, 0.25) is 0 Å². The molecule has 0 saturated heterocycles. The zero-order valence-electron chi connectivity index (χ0n) is 17.2. The molecule has 0 bridgehead atoms. The summed E-state index contributed by atoms with van der Waals surface area (Å²) in [6.45, 7) is 4.07. The molecule has 0 saturated carbocycles. The first-order chi connectivity index (χ1) is 15.0. The van der Waals surface area contributed by atoms with E-state index in [0.717, 1.165) is 27.9 Å². The normalized spacial score (nSPS) is 13.5. The molecular weight excluding hydrogens is 416 g/mol. The van der Waals surface area contributed by atoms with E-state index in [9.17, 15) is 4.79 Å². The smallest absolute Gasteiger partial charge is 0.237 e. The van der Waals surface area contributed by atoms with Gasteiger partial charge in [0.15, 0.2) is 22.3 Å². The van der Waals surface area contributed by atoms with Crippen LogP contribution in [0.4, 0.5) is 5.69 Å². The summed E-state index contributed by atoms with van der Waals surface area (Å²) in [7, 11) is 1.64. The number of amides is 1. The van der Waals surface area contributed by atoms with E-state index in [-0.39, 0.29) is 12.7 Å². The van der Waals surface area contributed by atoms with Crippen LogP contribution in [0.15, 0.2) is 47.6 Å². The number of aromatic nitrogens is 3. The van der Waals surface area contributed by atoms with Gasteiger partial charge in [-0.15, -0.1) is 10.2 Å². The molecule has 2 aromatic heterocycles. The average Bonchev–Trinajstić information content (AvgIpc) is 3.40. The van der Waals surface area contributed by atoms with E-state index >= 15 is 0 Å². The number of nitrogens with one attached hydrogen (secondary N) is 1. The number of pyridine rings is 1. The zero-order chi connectivity index (χ0) is 21.5. The minimum atomic E-state index is -0.403. The fourth-order valence-electron chi connectivity index (χ4n) is 3.54. The van der Waals surface area contributed by atoms with Crippen LogP contribution >= 0.6 is 11.8 Å². The molecule has 8 nitrogen and oxygen atoms in total. The van der Waals surface area contributed by atoms with E-state index in [1.165, 1.54) is 11.8 Å². The van der Waals surface area contributed by atoms with Gasteiger partial charge in [-0.2, -0.15) is 0 Å². The summed E-state index contributed by atoms with van der Waals surface area (Å²) in [6.07, 6.45) is 0. The number of hydrogen-bond donors (Lipinski definition) is 1. The molecule has 2 aromatic carbocycles. The number of rotatable bonds is 5. The van der Waals surface area contributed by atoms with Crippen LogP contribution in [0.25, 0.3) is 16.6 Å². The fourth-order valence-corrected chi connectivity index (χ4v) is 4.40. The van der Waals surface area contributed by atoms with Gasteiger partial charge in [0.2, 0.25) is 12.7 Å². The Balaban J connectivity index is 1.43. The third kappa shape index (κ3) is 3.50. The van der Waals surface area contributed by atoms with Gasteiger partial charge in [0.05, 0.1) is 17.9 Å². The van der Waals surface area contributed by atoms with Crippen molar-refractivity contribution in [2.45, 2.75) is 24.3 Å². The first-order valence-electron chi connectivity index (χ1n) is 9.73. The Labute approximate surface area is 182 Å². The van der Waals surface area contributed by atoms with Crippen molar-refractivity contribution in [3.8, 4) is 17.2 Å². The van der Waals surface area contributed by atoms with E-state index < -0.39 is 5.25 Å². The van der Waals surface area contributed by atoms with Crippen LogP contribution in [0, 0.1) is 6.92 Å². The Morgan fingerprint density at radius 2 is 2.00 bits per heavy atom. The van der Waals surface area contributed by atoms with Crippen LogP contribution in [0.1, 0.15) is 12.5 Å². The van der Waals surface area contributed by atoms with Gasteiger partial charge in [-0.1, -0.05) is 11.8 Å². The van der Waals surface area contributed by atoms with Crippen LogP contribution in [0.5, 0.6) is 17.2 Å². The Bertz CT molecular complexity index is 1320. The Morgan fingerprint density at radius 3 is 2.84 bits per heavy atom. The summed E-state index contributed by atoms with van der Waals surface area (Å²) >= 11 is 1.35. The molecular formula is C22H20N4O4S. The number of ether oxygens (including phenoxy) is 3. The molecule has 1 unspecified atom stereocenters. The predicted octanol–water partition coefficient (Wildman–Crippen LogP) is 4.05. The van der Waals surface area contributed by atoms with E-state index in [4.69, 9.17) is 14.2 Å². The molecule has 0 spiro atoms. The summed E-state index contributed by atoms with van der Waals surface area (Å²) in [5.74, 6) is 1.90. The minimum Gasteiger partial charge on any atom is -0.497 e. The highest BCUT2D eigenvalue weighted by molar-refractivity contribution is 8.00.